The summed E-state index contributed by atoms with van der Waals surface area (Å²) >= 11 is 1.48. The number of carbonyl (C=O) groups is 3. The molecule has 268 valence electrons. The minimum atomic E-state index is -0.528. The summed E-state index contributed by atoms with van der Waals surface area (Å²) < 4.78 is 28.6. The van der Waals surface area contributed by atoms with Crippen LogP contribution in [0.3, 0.4) is 0 Å². The van der Waals surface area contributed by atoms with Crippen molar-refractivity contribution in [3.05, 3.63) is 103 Å². The lowest BCUT2D eigenvalue weighted by Gasteiger charge is -2.11. The Balaban J connectivity index is 1.30. The first-order chi connectivity index (χ1) is 24.9. The molecule has 0 fully saturated rings. The third kappa shape index (κ3) is 13.7. The molecule has 0 aliphatic carbocycles. The number of nitrogens with zero attached hydrogens (tertiary/aromatic N) is 2. The maximum absolute atomic E-state index is 13.1. The van der Waals surface area contributed by atoms with Gasteiger partial charge in [0.05, 0.1) is 48.4 Å². The van der Waals surface area contributed by atoms with Crippen molar-refractivity contribution in [2.24, 2.45) is 5.10 Å². The van der Waals surface area contributed by atoms with Crippen molar-refractivity contribution in [1.29, 1.82) is 0 Å². The number of carbonyl (C=O) groups excluding carboxylic acids is 3. The minimum Gasteiger partial charge on any atom is -0.494 e. The van der Waals surface area contributed by atoms with Crippen molar-refractivity contribution in [2.75, 3.05) is 31.9 Å². The topological polar surface area (TPSA) is 135 Å². The summed E-state index contributed by atoms with van der Waals surface area (Å²) in [6, 6.07) is 19.8. The van der Waals surface area contributed by atoms with Crippen LogP contribution in [-0.4, -0.2) is 55.5 Å². The number of hydrogen-bond donors (Lipinski definition) is 1. The van der Waals surface area contributed by atoms with Gasteiger partial charge in [0, 0.05) is 17.7 Å². The zero-order valence-electron chi connectivity index (χ0n) is 28.6. The van der Waals surface area contributed by atoms with Gasteiger partial charge in [0.15, 0.2) is 0 Å². The third-order valence-electron chi connectivity index (χ3n) is 7.37. The largest absolute Gasteiger partial charge is 0.494 e. The van der Waals surface area contributed by atoms with Crippen LogP contribution in [0.15, 0.2) is 97.1 Å². The lowest BCUT2D eigenvalue weighted by Crippen LogP contribution is -2.10. The lowest BCUT2D eigenvalue weighted by atomic mass is 10.2. The number of ether oxygens (including phenoxy) is 5. The normalized spacial score (nSPS) is 10.8. The number of para-hydroxylation sites is 1. The molecule has 1 aromatic heterocycles. The Morgan fingerprint density at radius 1 is 0.725 bits per heavy atom. The van der Waals surface area contributed by atoms with E-state index in [0.717, 1.165) is 73.7 Å². The van der Waals surface area contributed by atoms with Crippen LogP contribution in [0.25, 0.3) is 10.2 Å². The molecule has 12 heteroatoms. The van der Waals surface area contributed by atoms with Gasteiger partial charge in [-0.2, -0.15) is 5.10 Å². The minimum absolute atomic E-state index is 0.316. The number of fused-ring (bicyclic) bond motifs is 1. The predicted octanol–water partition coefficient (Wildman–Crippen LogP) is 8.30. The number of benzene rings is 3. The van der Waals surface area contributed by atoms with Gasteiger partial charge in [0.2, 0.25) is 5.13 Å². The van der Waals surface area contributed by atoms with Crippen LogP contribution in [-0.2, 0) is 19.1 Å². The fourth-order valence-electron chi connectivity index (χ4n) is 4.69. The van der Waals surface area contributed by atoms with Crippen molar-refractivity contribution < 1.29 is 38.1 Å². The molecule has 3 aromatic carbocycles. The van der Waals surface area contributed by atoms with E-state index in [4.69, 9.17) is 23.7 Å². The second kappa shape index (κ2) is 21.6. The van der Waals surface area contributed by atoms with Crippen LogP contribution in [0.2, 0.25) is 0 Å². The van der Waals surface area contributed by atoms with E-state index in [9.17, 15) is 14.4 Å². The number of hydrazone groups is 1. The van der Waals surface area contributed by atoms with Gasteiger partial charge in [0.1, 0.15) is 17.2 Å². The van der Waals surface area contributed by atoms with Gasteiger partial charge in [-0.1, -0.05) is 36.6 Å². The molecular formula is C39H43N3O8S. The van der Waals surface area contributed by atoms with Crippen molar-refractivity contribution in [1.82, 2.24) is 4.98 Å². The molecular weight excluding hydrogens is 671 g/mol. The van der Waals surface area contributed by atoms with E-state index in [2.05, 4.69) is 28.7 Å². The summed E-state index contributed by atoms with van der Waals surface area (Å²) in [5.41, 5.74) is 4.75. The molecule has 0 radical (unpaired) electrons. The molecule has 51 heavy (non-hydrogen) atoms. The molecule has 0 saturated carbocycles. The second-order valence-electron chi connectivity index (χ2n) is 11.2. The first-order valence-electron chi connectivity index (χ1n) is 16.9. The van der Waals surface area contributed by atoms with Crippen LogP contribution in [0.1, 0.15) is 67.3 Å². The quantitative estimate of drug-likeness (QED) is 0.0200. The molecule has 0 aliphatic heterocycles. The molecule has 0 aliphatic rings. The monoisotopic (exact) mass is 713 g/mol. The highest BCUT2D eigenvalue weighted by molar-refractivity contribution is 7.22. The van der Waals surface area contributed by atoms with Crippen LogP contribution < -0.4 is 19.6 Å². The number of nitrogens with one attached hydrogen (secondary N) is 1. The van der Waals surface area contributed by atoms with E-state index in [1.807, 2.05) is 24.3 Å². The average Bonchev–Trinajstić information content (AvgIpc) is 3.57. The Kier molecular flexibility index (Phi) is 16.2. The predicted molar refractivity (Wildman–Crippen MR) is 199 cm³/mol. The number of hydrogen-bond acceptors (Lipinski definition) is 12. The van der Waals surface area contributed by atoms with E-state index in [1.54, 1.807) is 48.7 Å². The molecule has 1 N–H and O–H groups in total. The average molecular weight is 714 g/mol. The standard InChI is InChI=1S/C39H43N3O8S/c1-3-36(43)48-25-13-7-5-11-23-46-31-19-17-29(18-20-31)38(45)50-34-22-21-32(47-24-12-6-8-14-26-49-37(44)4-2)27-30(34)28-40-42-39-41-33-15-9-10-16-35(33)51-39/h3-4,9-10,15-22,27-28H,1-2,5-8,11-14,23-26H2,(H,41,42)/b40-28+. The molecule has 0 amide bonds. The number of anilines is 1. The summed E-state index contributed by atoms with van der Waals surface area (Å²) in [6.07, 6.45) is 10.8. The van der Waals surface area contributed by atoms with E-state index in [-0.39, 0.29) is 0 Å². The third-order valence-corrected chi connectivity index (χ3v) is 8.31. The fourth-order valence-corrected chi connectivity index (χ4v) is 5.51. The highest BCUT2D eigenvalue weighted by Gasteiger charge is 2.13. The van der Waals surface area contributed by atoms with Crippen molar-refractivity contribution >= 4 is 50.8 Å². The number of esters is 3. The number of unbranched alkanes of at least 4 members (excludes halogenated alkanes) is 6. The Morgan fingerprint density at radius 3 is 1.94 bits per heavy atom. The smallest absolute Gasteiger partial charge is 0.343 e. The molecule has 0 spiro atoms. The summed E-state index contributed by atoms with van der Waals surface area (Å²) in [6.45, 7) is 8.55. The summed E-state index contributed by atoms with van der Waals surface area (Å²) in [5, 5.41) is 5.00. The number of aromatic nitrogens is 1. The van der Waals surface area contributed by atoms with E-state index >= 15 is 0 Å². The maximum Gasteiger partial charge on any atom is 0.343 e. The highest BCUT2D eigenvalue weighted by atomic mass is 32.1. The number of rotatable bonds is 23. The molecule has 4 aromatic rings. The molecule has 11 nitrogen and oxygen atoms in total. The van der Waals surface area contributed by atoms with Crippen LogP contribution >= 0.6 is 11.3 Å². The van der Waals surface area contributed by atoms with Crippen molar-refractivity contribution in [3.8, 4) is 17.2 Å². The van der Waals surface area contributed by atoms with Gasteiger partial charge in [-0.3, -0.25) is 5.43 Å². The van der Waals surface area contributed by atoms with Gasteiger partial charge >= 0.3 is 17.9 Å². The van der Waals surface area contributed by atoms with Crippen LogP contribution in [0.4, 0.5) is 5.13 Å². The summed E-state index contributed by atoms with van der Waals surface area (Å²) in [5.74, 6) is 0.230. The number of thiazole rings is 1. The molecule has 0 unspecified atom stereocenters. The molecule has 0 atom stereocenters. The lowest BCUT2D eigenvalue weighted by molar-refractivity contribution is -0.138. The SMILES string of the molecule is C=CC(=O)OCCCCCCOc1ccc(C(=O)Oc2ccc(OCCCCCCOC(=O)C=C)cc2/C=N/Nc2nc3ccccc3s2)cc1. The van der Waals surface area contributed by atoms with Crippen LogP contribution in [0, 0.1) is 0 Å². The fraction of sp³-hybridized carbons (Fsp3) is 0.308. The van der Waals surface area contributed by atoms with Gasteiger partial charge in [-0.25, -0.2) is 19.4 Å². The molecule has 0 bridgehead atoms. The molecule has 0 saturated heterocycles. The second-order valence-corrected chi connectivity index (χ2v) is 12.3. The van der Waals surface area contributed by atoms with E-state index in [1.165, 1.54) is 11.3 Å². The Morgan fingerprint density at radius 2 is 1.31 bits per heavy atom. The molecule has 1 heterocycles. The first-order valence-corrected chi connectivity index (χ1v) is 17.7. The maximum atomic E-state index is 13.1. The zero-order valence-corrected chi connectivity index (χ0v) is 29.4. The Bertz CT molecular complexity index is 1740. The first kappa shape index (κ1) is 38.3. The zero-order chi connectivity index (χ0) is 36.1. The van der Waals surface area contributed by atoms with Crippen LogP contribution in [0.5, 0.6) is 17.2 Å². The van der Waals surface area contributed by atoms with E-state index < -0.39 is 17.9 Å². The van der Waals surface area contributed by atoms with Gasteiger partial charge in [0.25, 0.3) is 0 Å². The van der Waals surface area contributed by atoms with E-state index in [0.29, 0.717) is 59.9 Å². The Hall–Kier alpha value is -5.49. The van der Waals surface area contributed by atoms with Gasteiger partial charge in [-0.15, -0.1) is 0 Å². The van der Waals surface area contributed by atoms with Gasteiger partial charge in [-0.05, 0) is 106 Å². The summed E-state index contributed by atoms with van der Waals surface area (Å²) in [4.78, 5) is 39.9. The van der Waals surface area contributed by atoms with Crippen molar-refractivity contribution in [2.45, 2.75) is 51.4 Å². The van der Waals surface area contributed by atoms with Gasteiger partial charge < -0.3 is 23.7 Å². The molecule has 4 rings (SSSR count). The Labute approximate surface area is 301 Å². The van der Waals surface area contributed by atoms with Crippen molar-refractivity contribution in [3.63, 3.8) is 0 Å². The highest BCUT2D eigenvalue weighted by Crippen LogP contribution is 2.27. The summed E-state index contributed by atoms with van der Waals surface area (Å²) in [7, 11) is 0.